The van der Waals surface area contributed by atoms with Crippen LogP contribution < -0.4 is 5.32 Å². The van der Waals surface area contributed by atoms with Crippen LogP contribution in [-0.2, 0) is 9.53 Å². The number of anilines is 1. The van der Waals surface area contributed by atoms with Gasteiger partial charge in [-0.25, -0.2) is 14.5 Å². The summed E-state index contributed by atoms with van der Waals surface area (Å²) in [5, 5.41) is 19.6. The first-order chi connectivity index (χ1) is 12.2. The first-order valence-corrected chi connectivity index (χ1v) is 9.16. The first kappa shape index (κ1) is 17.2. The molecule has 0 aromatic carbocycles. The molecule has 0 aliphatic carbocycles. The average molecular weight is 378 g/mol. The number of carbonyl (C=O) groups is 2. The van der Waals surface area contributed by atoms with Crippen LogP contribution in [0.3, 0.4) is 0 Å². The van der Waals surface area contributed by atoms with Gasteiger partial charge in [0.05, 0.1) is 19.1 Å². The maximum Gasteiger partial charge on any atom is 0.357 e. The highest BCUT2D eigenvalue weighted by molar-refractivity contribution is 7.14. The van der Waals surface area contributed by atoms with E-state index in [-0.39, 0.29) is 30.7 Å². The lowest BCUT2D eigenvalue weighted by atomic mass is 10.1. The van der Waals surface area contributed by atoms with Gasteiger partial charge >= 0.3 is 5.97 Å². The van der Waals surface area contributed by atoms with E-state index in [1.54, 1.807) is 12.3 Å². The van der Waals surface area contributed by atoms with E-state index in [0.29, 0.717) is 5.13 Å². The zero-order valence-electron chi connectivity index (χ0n) is 13.2. The first-order valence-electron chi connectivity index (χ1n) is 7.34. The van der Waals surface area contributed by atoms with Gasteiger partial charge in [0.2, 0.25) is 5.91 Å². The molecule has 25 heavy (non-hydrogen) atoms. The van der Waals surface area contributed by atoms with Crippen molar-refractivity contribution in [3.8, 4) is 0 Å². The lowest BCUT2D eigenvalue weighted by molar-refractivity contribution is -0.116. The quantitative estimate of drug-likeness (QED) is 0.626. The van der Waals surface area contributed by atoms with Crippen molar-refractivity contribution in [2.24, 2.45) is 0 Å². The minimum atomic E-state index is -0.510. The Hall–Kier alpha value is -2.66. The van der Waals surface area contributed by atoms with Gasteiger partial charge in [0.25, 0.3) is 0 Å². The van der Waals surface area contributed by atoms with E-state index < -0.39 is 5.97 Å². The number of tetrazole rings is 1. The smallest absolute Gasteiger partial charge is 0.357 e. The second kappa shape index (κ2) is 7.94. The molecule has 9 nitrogen and oxygen atoms in total. The molecule has 0 fully saturated rings. The number of ether oxygens (including phenoxy) is 1. The molecule has 0 spiro atoms. The fraction of sp³-hybridized carbons (Fsp3) is 0.286. The van der Waals surface area contributed by atoms with E-state index in [4.69, 9.17) is 4.74 Å². The summed E-state index contributed by atoms with van der Waals surface area (Å²) in [6.07, 6.45) is 1.61. The molecule has 3 aromatic heterocycles. The zero-order valence-corrected chi connectivity index (χ0v) is 14.8. The van der Waals surface area contributed by atoms with Gasteiger partial charge in [-0.2, -0.15) is 11.3 Å². The summed E-state index contributed by atoms with van der Waals surface area (Å²) in [5.74, 6) is -0.763. The van der Waals surface area contributed by atoms with Crippen LogP contribution in [0.25, 0.3) is 0 Å². The minimum absolute atomic E-state index is 0.135. The van der Waals surface area contributed by atoms with Crippen LogP contribution in [0.2, 0.25) is 0 Å². The molecule has 0 radical (unpaired) electrons. The Kier molecular flexibility index (Phi) is 5.46. The van der Waals surface area contributed by atoms with E-state index >= 15 is 0 Å². The van der Waals surface area contributed by atoms with Gasteiger partial charge in [0.1, 0.15) is 6.33 Å². The van der Waals surface area contributed by atoms with Gasteiger partial charge in [-0.05, 0) is 39.7 Å². The predicted molar refractivity (Wildman–Crippen MR) is 91.6 cm³/mol. The number of thiophene rings is 1. The molecule has 3 heterocycles. The summed E-state index contributed by atoms with van der Waals surface area (Å²) in [4.78, 5) is 28.1. The number of nitrogens with zero attached hydrogens (tertiary/aromatic N) is 5. The third kappa shape index (κ3) is 4.25. The third-order valence-electron chi connectivity index (χ3n) is 3.23. The van der Waals surface area contributed by atoms with Crippen molar-refractivity contribution in [1.82, 2.24) is 25.2 Å². The molecule has 0 unspecified atom stereocenters. The van der Waals surface area contributed by atoms with Crippen LogP contribution in [0.1, 0.15) is 35.4 Å². The fourth-order valence-electron chi connectivity index (χ4n) is 2.12. The SMILES string of the molecule is CCOC(=O)c1csc(NC(=O)C[C@H](c2ccsc2)n2cnnn2)n1. The van der Waals surface area contributed by atoms with Crippen molar-refractivity contribution < 1.29 is 14.3 Å². The molecule has 0 bridgehead atoms. The standard InChI is InChI=1S/C14H14N6O3S2/c1-2-23-13(22)10-7-25-14(16-10)17-12(21)5-11(9-3-4-24-6-9)20-8-15-18-19-20/h3-4,6-8,11H,2,5H2,1H3,(H,16,17,21)/t11-/m1/s1. The van der Waals surface area contributed by atoms with E-state index in [1.165, 1.54) is 33.7 Å². The lowest BCUT2D eigenvalue weighted by Gasteiger charge is -2.14. The number of esters is 1. The van der Waals surface area contributed by atoms with Gasteiger partial charge in [-0.1, -0.05) is 0 Å². The summed E-state index contributed by atoms with van der Waals surface area (Å²) >= 11 is 2.70. The topological polar surface area (TPSA) is 112 Å². The van der Waals surface area contributed by atoms with E-state index in [2.05, 4.69) is 25.8 Å². The van der Waals surface area contributed by atoms with Crippen molar-refractivity contribution in [1.29, 1.82) is 0 Å². The van der Waals surface area contributed by atoms with Gasteiger partial charge in [-0.3, -0.25) is 4.79 Å². The van der Waals surface area contributed by atoms with E-state index in [9.17, 15) is 9.59 Å². The van der Waals surface area contributed by atoms with Crippen LogP contribution >= 0.6 is 22.7 Å². The van der Waals surface area contributed by atoms with Crippen molar-refractivity contribution in [3.05, 3.63) is 39.8 Å². The molecule has 11 heteroatoms. The second-order valence-electron chi connectivity index (χ2n) is 4.87. The number of amides is 1. The number of hydrogen-bond donors (Lipinski definition) is 1. The minimum Gasteiger partial charge on any atom is -0.461 e. The Labute approximate surface area is 150 Å². The Morgan fingerprint density at radius 3 is 2.96 bits per heavy atom. The largest absolute Gasteiger partial charge is 0.461 e. The average Bonchev–Trinajstić information content (AvgIpc) is 3.34. The van der Waals surface area contributed by atoms with Crippen LogP contribution in [0.4, 0.5) is 5.13 Å². The maximum absolute atomic E-state index is 12.4. The Morgan fingerprint density at radius 1 is 1.40 bits per heavy atom. The summed E-state index contributed by atoms with van der Waals surface area (Å²) in [6, 6.07) is 1.61. The van der Waals surface area contributed by atoms with Crippen LogP contribution in [0, 0.1) is 0 Å². The maximum atomic E-state index is 12.4. The number of carbonyl (C=O) groups excluding carboxylic acids is 2. The highest BCUT2D eigenvalue weighted by atomic mass is 32.1. The molecule has 0 saturated heterocycles. The van der Waals surface area contributed by atoms with E-state index in [0.717, 1.165) is 5.56 Å². The molecule has 0 aliphatic heterocycles. The normalized spacial score (nSPS) is 11.9. The number of aromatic nitrogens is 5. The predicted octanol–water partition coefficient (Wildman–Crippen LogP) is 1.99. The van der Waals surface area contributed by atoms with Crippen molar-refractivity contribution >= 4 is 39.7 Å². The molecular formula is C14H14N6O3S2. The molecule has 1 atom stereocenters. The molecule has 3 rings (SSSR count). The third-order valence-corrected chi connectivity index (χ3v) is 4.69. The summed E-state index contributed by atoms with van der Waals surface area (Å²) in [6.45, 7) is 1.99. The molecular weight excluding hydrogens is 364 g/mol. The van der Waals surface area contributed by atoms with Gasteiger partial charge < -0.3 is 10.1 Å². The van der Waals surface area contributed by atoms with E-state index in [1.807, 2.05) is 16.8 Å². The summed E-state index contributed by atoms with van der Waals surface area (Å²) < 4.78 is 6.41. The molecule has 130 valence electrons. The van der Waals surface area contributed by atoms with Crippen LogP contribution in [0.15, 0.2) is 28.5 Å². The van der Waals surface area contributed by atoms with Crippen LogP contribution in [0.5, 0.6) is 0 Å². The van der Waals surface area contributed by atoms with Gasteiger partial charge in [-0.15, -0.1) is 16.4 Å². The molecule has 0 saturated carbocycles. The zero-order chi connectivity index (χ0) is 17.6. The molecule has 1 N–H and O–H groups in total. The van der Waals surface area contributed by atoms with Crippen molar-refractivity contribution in [2.45, 2.75) is 19.4 Å². The number of nitrogens with one attached hydrogen (secondary N) is 1. The van der Waals surface area contributed by atoms with Gasteiger partial charge in [0.15, 0.2) is 10.8 Å². The Balaban J connectivity index is 1.67. The fourth-order valence-corrected chi connectivity index (χ4v) is 3.52. The highest BCUT2D eigenvalue weighted by Crippen LogP contribution is 2.24. The second-order valence-corrected chi connectivity index (χ2v) is 6.51. The molecule has 1 amide bonds. The summed E-state index contributed by atoms with van der Waals surface area (Å²) in [5.41, 5.74) is 1.12. The number of hydrogen-bond acceptors (Lipinski definition) is 9. The summed E-state index contributed by atoms with van der Waals surface area (Å²) in [7, 11) is 0. The molecule has 0 aliphatic rings. The number of rotatable bonds is 7. The van der Waals surface area contributed by atoms with Gasteiger partial charge in [0, 0.05) is 5.38 Å². The Bertz CT molecular complexity index is 797. The highest BCUT2D eigenvalue weighted by Gasteiger charge is 2.21. The Morgan fingerprint density at radius 2 is 2.28 bits per heavy atom. The monoisotopic (exact) mass is 378 g/mol. The molecule has 3 aromatic rings. The van der Waals surface area contributed by atoms with Crippen LogP contribution in [-0.4, -0.2) is 43.7 Å². The van der Waals surface area contributed by atoms with Crippen molar-refractivity contribution in [3.63, 3.8) is 0 Å². The lowest BCUT2D eigenvalue weighted by Crippen LogP contribution is -2.20. The van der Waals surface area contributed by atoms with Crippen molar-refractivity contribution in [2.75, 3.05) is 11.9 Å². The number of thiazole rings is 1.